The second-order valence-electron chi connectivity index (χ2n) is 10.4. The lowest BCUT2D eigenvalue weighted by Gasteiger charge is -2.27. The molecule has 6 nitrogen and oxygen atoms in total. The molecule has 7 rings (SSSR count). The molecule has 0 unspecified atom stereocenters. The van der Waals surface area contributed by atoms with Crippen molar-refractivity contribution in [2.24, 2.45) is 23.7 Å². The number of hydrogen-bond acceptors (Lipinski definition) is 4. The topological polar surface area (TPSA) is 83.6 Å². The first-order valence-electron chi connectivity index (χ1n) is 12.7. The molecule has 6 heteroatoms. The average molecular weight is 489 g/mol. The molecule has 3 amide bonds. The van der Waals surface area contributed by atoms with Gasteiger partial charge in [-0.1, -0.05) is 72.8 Å². The molecule has 1 aliphatic heterocycles. The molecular formula is C31H24N2O4. The number of benzene rings is 3. The fraction of sp³-hybridized carbons (Fsp3) is 0.226. The number of imide groups is 1. The minimum Gasteiger partial charge on any atom is -0.324 e. The van der Waals surface area contributed by atoms with Gasteiger partial charge in [-0.2, -0.15) is 0 Å². The summed E-state index contributed by atoms with van der Waals surface area (Å²) in [5.41, 5.74) is 4.21. The Morgan fingerprint density at radius 1 is 0.784 bits per heavy atom. The van der Waals surface area contributed by atoms with Crippen molar-refractivity contribution < 1.29 is 19.2 Å². The molecule has 5 atom stereocenters. The van der Waals surface area contributed by atoms with E-state index in [4.69, 9.17) is 0 Å². The Labute approximate surface area is 214 Å². The molecule has 1 heterocycles. The van der Waals surface area contributed by atoms with Crippen LogP contribution in [-0.2, 0) is 20.8 Å². The Morgan fingerprint density at radius 3 is 2.11 bits per heavy atom. The van der Waals surface area contributed by atoms with Gasteiger partial charge in [0.05, 0.1) is 11.8 Å². The van der Waals surface area contributed by atoms with Crippen molar-refractivity contribution in [3.8, 4) is 11.1 Å². The minimum absolute atomic E-state index is 0.0706. The molecule has 1 N–H and O–H groups in total. The monoisotopic (exact) mass is 488 g/mol. The summed E-state index contributed by atoms with van der Waals surface area (Å²) < 4.78 is 0. The summed E-state index contributed by atoms with van der Waals surface area (Å²) in [4.78, 5) is 55.0. The van der Waals surface area contributed by atoms with Crippen LogP contribution in [0, 0.1) is 23.7 Å². The molecule has 3 aromatic rings. The maximum absolute atomic E-state index is 13.7. The lowest BCUT2D eigenvalue weighted by Crippen LogP contribution is -2.49. The molecule has 4 aliphatic rings. The SMILES string of the molecule is O=C1c2ccccc2-c2ccc(NC(=O)[C@H](Cc3ccccc3)N3C(=O)[C@@H]4[C@H](C3=O)[C@H]3C=C[C@H]4C3)cc21. The summed E-state index contributed by atoms with van der Waals surface area (Å²) in [5.74, 6) is -1.61. The molecule has 3 aliphatic carbocycles. The van der Waals surface area contributed by atoms with E-state index in [-0.39, 0.29) is 47.7 Å². The van der Waals surface area contributed by atoms with E-state index in [1.54, 1.807) is 18.2 Å². The number of fused-ring (bicyclic) bond motifs is 8. The van der Waals surface area contributed by atoms with Gasteiger partial charge in [0.1, 0.15) is 6.04 Å². The molecule has 0 aromatic heterocycles. The highest BCUT2D eigenvalue weighted by Crippen LogP contribution is 2.53. The Balaban J connectivity index is 1.20. The van der Waals surface area contributed by atoms with Gasteiger partial charge in [-0.25, -0.2) is 0 Å². The predicted molar refractivity (Wildman–Crippen MR) is 137 cm³/mol. The summed E-state index contributed by atoms with van der Waals surface area (Å²) in [6.45, 7) is 0. The maximum atomic E-state index is 13.7. The van der Waals surface area contributed by atoms with E-state index in [0.717, 1.165) is 23.1 Å². The molecule has 182 valence electrons. The fourth-order valence-electron chi connectivity index (χ4n) is 6.70. The molecule has 37 heavy (non-hydrogen) atoms. The predicted octanol–water partition coefficient (Wildman–Crippen LogP) is 4.25. The third-order valence-corrected chi connectivity index (χ3v) is 8.38. The van der Waals surface area contributed by atoms with Crippen molar-refractivity contribution >= 4 is 29.2 Å². The Kier molecular flexibility index (Phi) is 4.80. The lowest BCUT2D eigenvalue weighted by atomic mass is 9.85. The van der Waals surface area contributed by atoms with Crippen LogP contribution in [0.2, 0.25) is 0 Å². The minimum atomic E-state index is -0.978. The summed E-state index contributed by atoms with van der Waals surface area (Å²) in [6.07, 6.45) is 5.15. The van der Waals surface area contributed by atoms with Gasteiger partial charge in [-0.3, -0.25) is 24.1 Å². The fourth-order valence-corrected chi connectivity index (χ4v) is 6.70. The second kappa shape index (κ2) is 8.10. The number of likely N-dealkylation sites (tertiary alicyclic amines) is 1. The van der Waals surface area contributed by atoms with Crippen molar-refractivity contribution in [2.75, 3.05) is 5.32 Å². The van der Waals surface area contributed by atoms with Crippen LogP contribution in [0.5, 0.6) is 0 Å². The molecule has 0 spiro atoms. The number of ketones is 1. The first-order chi connectivity index (χ1) is 18.0. The van der Waals surface area contributed by atoms with E-state index >= 15 is 0 Å². The number of amides is 3. The van der Waals surface area contributed by atoms with E-state index in [9.17, 15) is 19.2 Å². The first kappa shape index (κ1) is 21.9. The van der Waals surface area contributed by atoms with Crippen LogP contribution in [-0.4, -0.2) is 34.4 Å². The number of rotatable bonds is 5. The maximum Gasteiger partial charge on any atom is 0.248 e. The van der Waals surface area contributed by atoms with Gasteiger partial charge in [0.25, 0.3) is 0 Å². The summed E-state index contributed by atoms with van der Waals surface area (Å²) in [7, 11) is 0. The van der Waals surface area contributed by atoms with Crippen LogP contribution in [0.3, 0.4) is 0 Å². The van der Waals surface area contributed by atoms with Gasteiger partial charge in [0.15, 0.2) is 5.78 Å². The van der Waals surface area contributed by atoms with Gasteiger partial charge < -0.3 is 5.32 Å². The van der Waals surface area contributed by atoms with Crippen molar-refractivity contribution in [2.45, 2.75) is 18.9 Å². The second-order valence-corrected chi connectivity index (χ2v) is 10.4. The number of hydrogen-bond donors (Lipinski definition) is 1. The molecule has 0 radical (unpaired) electrons. The molecule has 1 saturated heterocycles. The number of allylic oxidation sites excluding steroid dienone is 2. The third-order valence-electron chi connectivity index (χ3n) is 8.38. The highest BCUT2D eigenvalue weighted by molar-refractivity contribution is 6.22. The standard InChI is InChI=1S/C31H24N2O4/c34-28-23-9-5-4-8-21(23)22-13-12-20(16-24(22)28)32-29(35)25(14-17-6-2-1-3-7-17)33-30(36)26-18-10-11-19(15-18)27(26)31(33)37/h1-13,16,18-19,25-27H,14-15H2,(H,32,35)/t18-,19-,25-,26-,27+/m0/s1. The third kappa shape index (κ3) is 3.25. The van der Waals surface area contributed by atoms with Gasteiger partial charge in [-0.15, -0.1) is 0 Å². The van der Waals surface area contributed by atoms with Crippen molar-refractivity contribution in [3.63, 3.8) is 0 Å². The van der Waals surface area contributed by atoms with Gasteiger partial charge in [0, 0.05) is 23.2 Å². The number of carbonyl (C=O) groups is 4. The highest BCUT2D eigenvalue weighted by Gasteiger charge is 2.61. The van der Waals surface area contributed by atoms with E-state index in [1.807, 2.05) is 66.7 Å². The number of nitrogens with one attached hydrogen (secondary N) is 1. The normalized spacial score (nSPS) is 25.3. The molecule has 2 bridgehead atoms. The quantitative estimate of drug-likeness (QED) is 0.336. The lowest BCUT2D eigenvalue weighted by molar-refractivity contribution is -0.147. The van der Waals surface area contributed by atoms with Gasteiger partial charge in [0.2, 0.25) is 17.7 Å². The summed E-state index contributed by atoms with van der Waals surface area (Å²) in [6, 6.07) is 21.2. The molecule has 1 saturated carbocycles. The Bertz CT molecular complexity index is 1500. The van der Waals surface area contributed by atoms with Crippen LogP contribution < -0.4 is 5.32 Å². The molecular weight excluding hydrogens is 464 g/mol. The Morgan fingerprint density at radius 2 is 1.41 bits per heavy atom. The molecule has 2 fully saturated rings. The smallest absolute Gasteiger partial charge is 0.248 e. The van der Waals surface area contributed by atoms with Crippen molar-refractivity contribution in [1.82, 2.24) is 4.90 Å². The highest BCUT2D eigenvalue weighted by atomic mass is 16.2. The number of anilines is 1. The number of carbonyl (C=O) groups excluding carboxylic acids is 4. The summed E-state index contributed by atoms with van der Waals surface area (Å²) in [5, 5.41) is 2.91. The van der Waals surface area contributed by atoms with Crippen LogP contribution in [0.4, 0.5) is 5.69 Å². The van der Waals surface area contributed by atoms with E-state index in [2.05, 4.69) is 5.32 Å². The zero-order valence-electron chi connectivity index (χ0n) is 20.0. The average Bonchev–Trinajstić information content (AvgIpc) is 3.66. The van der Waals surface area contributed by atoms with Crippen LogP contribution in [0.25, 0.3) is 11.1 Å². The summed E-state index contributed by atoms with van der Waals surface area (Å²) >= 11 is 0. The van der Waals surface area contributed by atoms with E-state index in [1.165, 1.54) is 4.90 Å². The largest absolute Gasteiger partial charge is 0.324 e. The zero-order valence-corrected chi connectivity index (χ0v) is 20.0. The number of nitrogens with zero attached hydrogens (tertiary/aromatic N) is 1. The molecule has 3 aromatic carbocycles. The van der Waals surface area contributed by atoms with Gasteiger partial charge in [-0.05, 0) is 47.1 Å². The van der Waals surface area contributed by atoms with E-state index in [0.29, 0.717) is 16.8 Å². The van der Waals surface area contributed by atoms with Crippen LogP contribution in [0.15, 0.2) is 84.9 Å². The van der Waals surface area contributed by atoms with Crippen molar-refractivity contribution in [1.29, 1.82) is 0 Å². The van der Waals surface area contributed by atoms with Gasteiger partial charge >= 0.3 is 0 Å². The van der Waals surface area contributed by atoms with Crippen molar-refractivity contribution in [3.05, 3.63) is 102 Å². The zero-order chi connectivity index (χ0) is 25.3. The van der Waals surface area contributed by atoms with E-state index < -0.39 is 11.9 Å². The van der Waals surface area contributed by atoms with Crippen LogP contribution in [0.1, 0.15) is 27.9 Å². The van der Waals surface area contributed by atoms with Crippen LogP contribution >= 0.6 is 0 Å². The Hall–Kier alpha value is -4.32. The first-order valence-corrected chi connectivity index (χ1v) is 12.7.